The molecule has 0 bridgehead atoms. The molecule has 0 saturated heterocycles. The number of aliphatic hydroxyl groups is 1. The first-order valence-corrected chi connectivity index (χ1v) is 6.85. The van der Waals surface area contributed by atoms with Crippen molar-refractivity contribution in [2.75, 3.05) is 0 Å². The molecule has 19 heavy (non-hydrogen) atoms. The van der Waals surface area contributed by atoms with Crippen LogP contribution in [-0.2, 0) is 6.42 Å². The molecule has 1 N–H and O–H groups in total. The number of benzene rings is 1. The van der Waals surface area contributed by atoms with Crippen LogP contribution in [0.1, 0.15) is 45.6 Å². The van der Waals surface area contributed by atoms with E-state index in [0.29, 0.717) is 24.3 Å². The Labute approximate surface area is 113 Å². The highest BCUT2D eigenvalue weighted by molar-refractivity contribution is 5.20. The van der Waals surface area contributed by atoms with Gasteiger partial charge in [0.25, 0.3) is 0 Å². The van der Waals surface area contributed by atoms with Gasteiger partial charge in [0.2, 0.25) is 0 Å². The molecule has 1 nitrogen and oxygen atoms in total. The zero-order valence-electron chi connectivity index (χ0n) is 11.8. The molecule has 2 unspecified atom stereocenters. The molecule has 3 heteroatoms. The van der Waals surface area contributed by atoms with Gasteiger partial charge in [0.05, 0.1) is 5.60 Å². The average molecular weight is 268 g/mol. The highest BCUT2D eigenvalue weighted by atomic mass is 19.2. The van der Waals surface area contributed by atoms with Crippen molar-refractivity contribution in [1.82, 2.24) is 0 Å². The molecule has 2 atom stereocenters. The van der Waals surface area contributed by atoms with Gasteiger partial charge >= 0.3 is 0 Å². The van der Waals surface area contributed by atoms with Crippen LogP contribution in [-0.4, -0.2) is 10.7 Å². The van der Waals surface area contributed by atoms with Crippen molar-refractivity contribution in [2.24, 2.45) is 11.3 Å². The maximum atomic E-state index is 13.2. The lowest BCUT2D eigenvalue weighted by Crippen LogP contribution is -2.43. The number of hydrogen-bond acceptors (Lipinski definition) is 1. The zero-order chi connectivity index (χ0) is 14.3. The van der Waals surface area contributed by atoms with Crippen LogP contribution in [0, 0.1) is 23.0 Å². The van der Waals surface area contributed by atoms with Crippen LogP contribution in [0.15, 0.2) is 18.2 Å². The standard InChI is InChI=1S/C16H22F2O/c1-11-7-15(2,3)10-16(19,8-11)9-12-4-5-13(17)14(18)6-12/h4-6,11,19H,7-10H2,1-3H3. The van der Waals surface area contributed by atoms with Crippen molar-refractivity contribution in [3.8, 4) is 0 Å². The van der Waals surface area contributed by atoms with Crippen LogP contribution >= 0.6 is 0 Å². The number of hydrogen-bond donors (Lipinski definition) is 1. The fourth-order valence-electron chi connectivity index (χ4n) is 3.86. The molecule has 0 radical (unpaired) electrons. The fourth-order valence-corrected chi connectivity index (χ4v) is 3.86. The Hall–Kier alpha value is -0.960. The summed E-state index contributed by atoms with van der Waals surface area (Å²) >= 11 is 0. The summed E-state index contributed by atoms with van der Waals surface area (Å²) in [7, 11) is 0. The molecular weight excluding hydrogens is 246 g/mol. The van der Waals surface area contributed by atoms with E-state index in [-0.39, 0.29) is 5.41 Å². The smallest absolute Gasteiger partial charge is 0.159 e. The van der Waals surface area contributed by atoms with E-state index in [2.05, 4.69) is 20.8 Å². The van der Waals surface area contributed by atoms with E-state index < -0.39 is 17.2 Å². The van der Waals surface area contributed by atoms with Crippen LogP contribution < -0.4 is 0 Å². The summed E-state index contributed by atoms with van der Waals surface area (Å²) in [4.78, 5) is 0. The quantitative estimate of drug-likeness (QED) is 0.856. The van der Waals surface area contributed by atoms with Gasteiger partial charge < -0.3 is 5.11 Å². The Bertz CT molecular complexity index is 470. The SMILES string of the molecule is CC1CC(C)(C)CC(O)(Cc2ccc(F)c(F)c2)C1. The van der Waals surface area contributed by atoms with Crippen LogP contribution in [0.25, 0.3) is 0 Å². The lowest BCUT2D eigenvalue weighted by atomic mass is 9.64. The maximum Gasteiger partial charge on any atom is 0.159 e. The Morgan fingerprint density at radius 3 is 2.47 bits per heavy atom. The predicted octanol–water partition coefficient (Wildman–Crippen LogP) is 4.08. The van der Waals surface area contributed by atoms with Gasteiger partial charge in [-0.3, -0.25) is 0 Å². The monoisotopic (exact) mass is 268 g/mol. The second kappa shape index (κ2) is 4.86. The molecule has 1 aliphatic carbocycles. The van der Waals surface area contributed by atoms with Gasteiger partial charge in [0, 0.05) is 6.42 Å². The molecular formula is C16H22F2O. The van der Waals surface area contributed by atoms with Crippen LogP contribution in [0.5, 0.6) is 0 Å². The third-order valence-electron chi connectivity index (χ3n) is 3.95. The minimum atomic E-state index is -0.843. The minimum absolute atomic E-state index is 0.0883. The highest BCUT2D eigenvalue weighted by Crippen LogP contribution is 2.45. The van der Waals surface area contributed by atoms with E-state index in [1.165, 1.54) is 6.07 Å². The Morgan fingerprint density at radius 2 is 1.89 bits per heavy atom. The Kier molecular flexibility index (Phi) is 3.69. The molecule has 0 heterocycles. The van der Waals surface area contributed by atoms with Crippen molar-refractivity contribution >= 4 is 0 Å². The molecule has 1 saturated carbocycles. The van der Waals surface area contributed by atoms with Crippen LogP contribution in [0.4, 0.5) is 8.78 Å². The molecule has 1 aromatic carbocycles. The molecule has 0 amide bonds. The van der Waals surface area contributed by atoms with Crippen molar-refractivity contribution in [3.63, 3.8) is 0 Å². The van der Waals surface area contributed by atoms with E-state index in [1.54, 1.807) is 6.07 Å². The second-order valence-corrected chi connectivity index (χ2v) is 7.00. The van der Waals surface area contributed by atoms with Crippen molar-refractivity contribution < 1.29 is 13.9 Å². The van der Waals surface area contributed by atoms with E-state index in [9.17, 15) is 13.9 Å². The van der Waals surface area contributed by atoms with E-state index >= 15 is 0 Å². The lowest BCUT2D eigenvalue weighted by molar-refractivity contribution is -0.0574. The van der Waals surface area contributed by atoms with Crippen molar-refractivity contribution in [2.45, 2.75) is 52.1 Å². The van der Waals surface area contributed by atoms with E-state index in [1.807, 2.05) is 0 Å². The number of rotatable bonds is 2. The van der Waals surface area contributed by atoms with Gasteiger partial charge in [0.1, 0.15) is 0 Å². The van der Waals surface area contributed by atoms with Crippen LogP contribution in [0.3, 0.4) is 0 Å². The summed E-state index contributed by atoms with van der Waals surface area (Å²) in [5.74, 6) is -1.24. The average Bonchev–Trinajstić information content (AvgIpc) is 2.19. The highest BCUT2D eigenvalue weighted by Gasteiger charge is 2.41. The first-order chi connectivity index (χ1) is 8.69. The molecule has 1 aliphatic rings. The molecule has 1 aromatic rings. The fraction of sp³-hybridized carbons (Fsp3) is 0.625. The molecule has 2 rings (SSSR count). The van der Waals surface area contributed by atoms with Gasteiger partial charge in [-0.1, -0.05) is 26.8 Å². The molecule has 1 fully saturated rings. The predicted molar refractivity (Wildman–Crippen MR) is 71.8 cm³/mol. The van der Waals surface area contributed by atoms with Gasteiger partial charge in [-0.2, -0.15) is 0 Å². The molecule has 0 spiro atoms. The summed E-state index contributed by atoms with van der Waals surface area (Å²) in [5, 5.41) is 10.8. The molecule has 0 aliphatic heterocycles. The van der Waals surface area contributed by atoms with Gasteiger partial charge in [0.15, 0.2) is 11.6 Å². The Morgan fingerprint density at radius 1 is 1.21 bits per heavy atom. The topological polar surface area (TPSA) is 20.2 Å². The first-order valence-electron chi connectivity index (χ1n) is 6.85. The van der Waals surface area contributed by atoms with Crippen molar-refractivity contribution in [1.29, 1.82) is 0 Å². The van der Waals surface area contributed by atoms with E-state index in [4.69, 9.17) is 0 Å². The largest absolute Gasteiger partial charge is 0.390 e. The van der Waals surface area contributed by atoms with E-state index in [0.717, 1.165) is 18.9 Å². The van der Waals surface area contributed by atoms with Gasteiger partial charge in [-0.15, -0.1) is 0 Å². The Balaban J connectivity index is 2.18. The minimum Gasteiger partial charge on any atom is -0.390 e. The van der Waals surface area contributed by atoms with Crippen molar-refractivity contribution in [3.05, 3.63) is 35.4 Å². The molecule has 106 valence electrons. The maximum absolute atomic E-state index is 13.2. The summed E-state index contributed by atoms with van der Waals surface area (Å²) in [6.45, 7) is 6.44. The summed E-state index contributed by atoms with van der Waals surface area (Å²) in [6.07, 6.45) is 2.89. The zero-order valence-corrected chi connectivity index (χ0v) is 11.8. The third kappa shape index (κ3) is 3.53. The third-order valence-corrected chi connectivity index (χ3v) is 3.95. The summed E-state index contributed by atoms with van der Waals surface area (Å²) in [5.41, 5.74) is -0.0672. The normalized spacial score (nSPS) is 30.3. The second-order valence-electron chi connectivity index (χ2n) is 7.00. The summed E-state index contributed by atoms with van der Waals surface area (Å²) in [6, 6.07) is 3.88. The molecule has 0 aromatic heterocycles. The first kappa shape index (κ1) is 14.4. The number of halogens is 2. The lowest BCUT2D eigenvalue weighted by Gasteiger charge is -2.44. The van der Waals surface area contributed by atoms with Gasteiger partial charge in [-0.25, -0.2) is 8.78 Å². The van der Waals surface area contributed by atoms with Gasteiger partial charge in [-0.05, 0) is 48.3 Å². The van der Waals surface area contributed by atoms with Crippen LogP contribution in [0.2, 0.25) is 0 Å². The summed E-state index contributed by atoms with van der Waals surface area (Å²) < 4.78 is 26.2.